The predicted octanol–water partition coefficient (Wildman–Crippen LogP) is 4.76. The number of nitro groups is 1. The van der Waals surface area contributed by atoms with Crippen molar-refractivity contribution in [3.63, 3.8) is 0 Å². The van der Waals surface area contributed by atoms with E-state index in [0.29, 0.717) is 27.3 Å². The third-order valence-corrected chi connectivity index (χ3v) is 3.45. The van der Waals surface area contributed by atoms with E-state index in [2.05, 4.69) is 21.2 Å². The van der Waals surface area contributed by atoms with Crippen molar-refractivity contribution in [1.82, 2.24) is 0 Å². The van der Waals surface area contributed by atoms with Crippen molar-refractivity contribution in [3.05, 3.63) is 67.4 Å². The van der Waals surface area contributed by atoms with Gasteiger partial charge in [0.25, 0.3) is 5.69 Å². The molecule has 0 atom stereocenters. The molecule has 0 unspecified atom stereocenters. The molecule has 2 aromatic rings. The van der Waals surface area contributed by atoms with Gasteiger partial charge in [0, 0.05) is 23.3 Å². The Balaban J connectivity index is 2.14. The molecule has 4 nitrogen and oxygen atoms in total. The highest BCUT2D eigenvalue weighted by molar-refractivity contribution is 9.10. The largest absolute Gasteiger partial charge is 0.381 e. The van der Waals surface area contributed by atoms with Gasteiger partial charge in [-0.15, -0.1) is 0 Å². The second-order valence-electron chi connectivity index (χ2n) is 4.05. The van der Waals surface area contributed by atoms with Crippen LogP contribution in [0.1, 0.15) is 5.56 Å². The number of benzene rings is 2. The Morgan fingerprint density at radius 3 is 2.70 bits per heavy atom. The summed E-state index contributed by atoms with van der Waals surface area (Å²) in [6.45, 7) is 0.316. The van der Waals surface area contributed by atoms with Crippen molar-refractivity contribution < 1.29 is 9.31 Å². The summed E-state index contributed by atoms with van der Waals surface area (Å²) in [5, 5.41) is 14.1. The zero-order valence-corrected chi connectivity index (χ0v) is 12.4. The van der Waals surface area contributed by atoms with Gasteiger partial charge in [0.05, 0.1) is 9.40 Å². The maximum absolute atomic E-state index is 13.2. The molecule has 0 heterocycles. The Kier molecular flexibility index (Phi) is 4.57. The minimum Gasteiger partial charge on any atom is -0.381 e. The van der Waals surface area contributed by atoms with Gasteiger partial charge in [0.1, 0.15) is 5.82 Å². The number of nitrogens with zero attached hydrogens (tertiary/aromatic N) is 1. The topological polar surface area (TPSA) is 55.2 Å². The first-order chi connectivity index (χ1) is 9.45. The number of nitrogens with one attached hydrogen (secondary N) is 1. The van der Waals surface area contributed by atoms with Crippen molar-refractivity contribution in [3.8, 4) is 0 Å². The molecule has 2 rings (SSSR count). The lowest BCUT2D eigenvalue weighted by Crippen LogP contribution is -2.01. The van der Waals surface area contributed by atoms with Crippen molar-refractivity contribution in [2.75, 3.05) is 5.32 Å². The molecule has 2 aromatic carbocycles. The third-order valence-electron chi connectivity index (χ3n) is 2.56. The summed E-state index contributed by atoms with van der Waals surface area (Å²) in [6.07, 6.45) is 0. The van der Waals surface area contributed by atoms with Crippen molar-refractivity contribution in [2.45, 2.75) is 6.54 Å². The molecule has 0 saturated heterocycles. The highest BCUT2D eigenvalue weighted by Crippen LogP contribution is 2.28. The molecule has 1 N–H and O–H groups in total. The minimum atomic E-state index is -0.478. The maximum Gasteiger partial charge on any atom is 0.285 e. The molecular weight excluding hydrogens is 351 g/mol. The van der Waals surface area contributed by atoms with Crippen LogP contribution >= 0.6 is 27.5 Å². The number of hydrogen-bond donors (Lipinski definition) is 1. The monoisotopic (exact) mass is 358 g/mol. The van der Waals surface area contributed by atoms with Gasteiger partial charge in [-0.25, -0.2) is 4.39 Å². The first-order valence-corrected chi connectivity index (χ1v) is 6.75. The molecular formula is C13H9BrClFN2O2. The summed E-state index contributed by atoms with van der Waals surface area (Å²) in [7, 11) is 0. The molecule has 0 spiro atoms. The zero-order valence-electron chi connectivity index (χ0n) is 10.1. The highest BCUT2D eigenvalue weighted by Gasteiger charge is 2.12. The second kappa shape index (κ2) is 6.19. The second-order valence-corrected chi connectivity index (χ2v) is 5.35. The molecule has 0 aliphatic rings. The first kappa shape index (κ1) is 14.7. The van der Waals surface area contributed by atoms with Gasteiger partial charge in [-0.05, 0) is 51.8 Å². The fraction of sp³-hybridized carbons (Fsp3) is 0.0769. The Bertz CT molecular complexity index is 647. The van der Waals surface area contributed by atoms with Gasteiger partial charge in [-0.3, -0.25) is 10.1 Å². The lowest BCUT2D eigenvalue weighted by atomic mass is 10.2. The van der Waals surface area contributed by atoms with Crippen LogP contribution in [-0.2, 0) is 6.54 Å². The SMILES string of the molecule is O=[N+]([O-])c1cc(NCc2cc(F)cc(Cl)c2)ccc1Br. The normalized spacial score (nSPS) is 10.3. The molecule has 20 heavy (non-hydrogen) atoms. The van der Waals surface area contributed by atoms with Crippen molar-refractivity contribution in [1.29, 1.82) is 0 Å². The van der Waals surface area contributed by atoms with E-state index in [-0.39, 0.29) is 5.69 Å². The van der Waals surface area contributed by atoms with E-state index in [1.54, 1.807) is 18.2 Å². The molecule has 104 valence electrons. The van der Waals surface area contributed by atoms with Gasteiger partial charge >= 0.3 is 0 Å². The summed E-state index contributed by atoms with van der Waals surface area (Å²) in [5.41, 5.74) is 1.19. The molecule has 0 aliphatic carbocycles. The Labute approximate surface area is 127 Å². The van der Waals surface area contributed by atoms with Gasteiger partial charge in [0.15, 0.2) is 0 Å². The minimum absolute atomic E-state index is 0.0349. The van der Waals surface area contributed by atoms with E-state index >= 15 is 0 Å². The smallest absolute Gasteiger partial charge is 0.285 e. The average molecular weight is 360 g/mol. The van der Waals surface area contributed by atoms with Crippen LogP contribution < -0.4 is 5.32 Å². The fourth-order valence-corrected chi connectivity index (χ4v) is 2.32. The number of nitro benzene ring substituents is 1. The van der Waals surface area contributed by atoms with Gasteiger partial charge in [-0.1, -0.05) is 11.6 Å². The van der Waals surface area contributed by atoms with Crippen LogP contribution in [-0.4, -0.2) is 4.92 Å². The van der Waals surface area contributed by atoms with Crippen LogP contribution in [0.3, 0.4) is 0 Å². The molecule has 0 amide bonds. The standard InChI is InChI=1S/C13H9BrClFN2O2/c14-12-2-1-11(6-13(12)18(19)20)17-7-8-3-9(15)5-10(16)4-8/h1-6,17H,7H2. The summed E-state index contributed by atoms with van der Waals surface area (Å²) in [6, 6.07) is 8.88. The summed E-state index contributed by atoms with van der Waals surface area (Å²) in [4.78, 5) is 10.3. The molecule has 0 fully saturated rings. The molecule has 0 aliphatic heterocycles. The summed E-state index contributed by atoms with van der Waals surface area (Å²) in [5.74, 6) is -0.420. The van der Waals surface area contributed by atoms with E-state index in [9.17, 15) is 14.5 Å². The Morgan fingerprint density at radius 2 is 2.05 bits per heavy atom. The van der Waals surface area contributed by atoms with Crippen LogP contribution in [0, 0.1) is 15.9 Å². The third kappa shape index (κ3) is 3.68. The van der Waals surface area contributed by atoms with E-state index in [0.717, 1.165) is 0 Å². The Hall–Kier alpha value is -1.66. The van der Waals surface area contributed by atoms with Gasteiger partial charge < -0.3 is 5.32 Å². The average Bonchev–Trinajstić information content (AvgIpc) is 2.36. The maximum atomic E-state index is 13.2. The summed E-state index contributed by atoms with van der Waals surface area (Å²) < 4.78 is 13.6. The van der Waals surface area contributed by atoms with Crippen molar-refractivity contribution >= 4 is 38.9 Å². The van der Waals surface area contributed by atoms with Crippen LogP contribution in [0.25, 0.3) is 0 Å². The van der Waals surface area contributed by atoms with E-state index in [4.69, 9.17) is 11.6 Å². The lowest BCUT2D eigenvalue weighted by molar-refractivity contribution is -0.385. The van der Waals surface area contributed by atoms with E-state index in [1.165, 1.54) is 18.2 Å². The molecule has 0 radical (unpaired) electrons. The Morgan fingerprint density at radius 1 is 1.30 bits per heavy atom. The van der Waals surface area contributed by atoms with Gasteiger partial charge in [-0.2, -0.15) is 0 Å². The quantitative estimate of drug-likeness (QED) is 0.632. The molecule has 0 bridgehead atoms. The molecule has 0 saturated carbocycles. The van der Waals surface area contributed by atoms with Gasteiger partial charge in [0.2, 0.25) is 0 Å². The van der Waals surface area contributed by atoms with Crippen LogP contribution in [0.15, 0.2) is 40.9 Å². The van der Waals surface area contributed by atoms with Crippen LogP contribution in [0.5, 0.6) is 0 Å². The van der Waals surface area contributed by atoms with Crippen LogP contribution in [0.2, 0.25) is 5.02 Å². The fourth-order valence-electron chi connectivity index (χ4n) is 1.68. The molecule has 0 aromatic heterocycles. The summed E-state index contributed by atoms with van der Waals surface area (Å²) >= 11 is 8.87. The number of anilines is 1. The first-order valence-electron chi connectivity index (χ1n) is 5.58. The van der Waals surface area contributed by atoms with E-state index in [1.807, 2.05) is 0 Å². The number of rotatable bonds is 4. The van der Waals surface area contributed by atoms with Crippen LogP contribution in [0.4, 0.5) is 15.8 Å². The lowest BCUT2D eigenvalue weighted by Gasteiger charge is -2.07. The number of halogens is 3. The predicted molar refractivity (Wildman–Crippen MR) is 79.5 cm³/mol. The highest BCUT2D eigenvalue weighted by atomic mass is 79.9. The number of hydrogen-bond acceptors (Lipinski definition) is 3. The van der Waals surface area contributed by atoms with Crippen molar-refractivity contribution in [2.24, 2.45) is 0 Å². The van der Waals surface area contributed by atoms with E-state index < -0.39 is 10.7 Å². The zero-order chi connectivity index (χ0) is 14.7. The molecule has 7 heteroatoms.